The van der Waals surface area contributed by atoms with Crippen molar-refractivity contribution < 1.29 is 26.3 Å². The number of benzene rings is 4. The Morgan fingerprint density at radius 1 is 0.561 bits per heavy atom. The Bertz CT molecular complexity index is 1280. The van der Waals surface area contributed by atoms with Gasteiger partial charge in [-0.1, -0.05) is 84.9 Å². The topological polar surface area (TPSA) is 86.3 Å². The van der Waals surface area contributed by atoms with Gasteiger partial charge < -0.3 is 0 Å². The van der Waals surface area contributed by atoms with Crippen molar-refractivity contribution in [1.82, 2.24) is 0 Å². The van der Waals surface area contributed by atoms with Crippen molar-refractivity contribution in [2.45, 2.75) is 6.16 Å². The average molecular weight is 691 g/mol. The van der Waals surface area contributed by atoms with Crippen LogP contribution in [0, 0.1) is 20.2 Å². The second kappa shape index (κ2) is 19.6. The quantitative estimate of drug-likeness (QED) is 0.0980. The third-order valence-corrected chi connectivity index (χ3v) is 10.2. The maximum atomic E-state index is 9.48. The molecule has 41 heavy (non-hydrogen) atoms. The zero-order valence-electron chi connectivity index (χ0n) is 21.7. The maximum absolute atomic E-state index is 9.48. The second-order valence-corrected chi connectivity index (χ2v) is 14.8. The van der Waals surface area contributed by atoms with Gasteiger partial charge in [0.1, 0.15) is 23.2 Å². The Kier molecular flexibility index (Phi) is 17.4. The van der Waals surface area contributed by atoms with E-state index in [1.54, 1.807) is 0 Å². The molecule has 0 saturated heterocycles. The third-order valence-electron chi connectivity index (χ3n) is 5.32. The summed E-state index contributed by atoms with van der Waals surface area (Å²) < 4.78 is 0.648. The molecule has 4 rings (SSSR count). The van der Waals surface area contributed by atoms with Crippen LogP contribution in [0.25, 0.3) is 0 Å². The van der Waals surface area contributed by atoms with Crippen LogP contribution in [0.2, 0.25) is 0 Å². The van der Waals surface area contributed by atoms with E-state index in [1.165, 1.54) is 21.5 Å². The van der Waals surface area contributed by atoms with E-state index < -0.39 is 17.1 Å². The zero-order valence-corrected chi connectivity index (χ0v) is 27.6. The van der Waals surface area contributed by atoms with Crippen LogP contribution in [0.5, 0.6) is 0 Å². The molecule has 0 atom stereocenters. The van der Waals surface area contributed by atoms with Crippen LogP contribution in [0.15, 0.2) is 142 Å². The first-order valence-electron chi connectivity index (χ1n) is 11.8. The summed E-state index contributed by atoms with van der Waals surface area (Å²) in [4.78, 5) is 17.8. The van der Waals surface area contributed by atoms with Crippen molar-refractivity contribution in [2.24, 2.45) is 0 Å². The van der Waals surface area contributed by atoms with Gasteiger partial charge in [-0.15, -0.1) is 0 Å². The molecule has 4 aromatic carbocycles. The molecule has 4 aromatic rings. The first-order valence-corrected chi connectivity index (χ1v) is 15.8. The normalized spacial score (nSPS) is 9.76. The predicted molar refractivity (Wildman–Crippen MR) is 186 cm³/mol. The van der Waals surface area contributed by atoms with E-state index in [9.17, 15) is 20.2 Å². The van der Waals surface area contributed by atoms with Crippen molar-refractivity contribution in [3.63, 3.8) is 0 Å². The molecule has 0 N–H and O–H groups in total. The summed E-state index contributed by atoms with van der Waals surface area (Å²) in [5, 5.41) is 23.2. The summed E-state index contributed by atoms with van der Waals surface area (Å²) in [6, 6.07) is 44.0. The van der Waals surface area contributed by atoms with E-state index >= 15 is 0 Å². The number of hydrogen-bond acceptors (Lipinski definition) is 4. The van der Waals surface area contributed by atoms with Gasteiger partial charge in [-0.2, -0.15) is 0 Å². The van der Waals surface area contributed by atoms with Crippen molar-refractivity contribution in [2.75, 3.05) is 0 Å². The van der Waals surface area contributed by atoms with Crippen LogP contribution in [-0.2, 0) is 73.2 Å². The summed E-state index contributed by atoms with van der Waals surface area (Å²) >= 11 is 11.4. The zero-order chi connectivity index (χ0) is 29.4. The van der Waals surface area contributed by atoms with Crippen LogP contribution >= 0.6 is 7.26 Å². The van der Waals surface area contributed by atoms with E-state index in [4.69, 9.17) is 0 Å². The largest absolute Gasteiger partial charge is 2.00 e. The van der Waals surface area contributed by atoms with Gasteiger partial charge in [0, 0.05) is 50.5 Å². The molecule has 0 unspecified atom stereocenters. The molecule has 0 saturated carbocycles. The van der Waals surface area contributed by atoms with Crippen LogP contribution < -0.4 is 15.9 Å². The average Bonchev–Trinajstić information content (AvgIpc) is 2.93. The van der Waals surface area contributed by atoms with Gasteiger partial charge in [0.2, 0.25) is 0 Å². The molecular weight excluding hydrogens is 658 g/mol. The van der Waals surface area contributed by atoms with Gasteiger partial charge in [0.25, 0.3) is 0 Å². The molecule has 0 aliphatic carbocycles. The van der Waals surface area contributed by atoms with E-state index in [-0.39, 0.29) is 16.5 Å². The van der Waals surface area contributed by atoms with Gasteiger partial charge in [-0.3, -0.25) is 20.2 Å². The molecule has 0 amide bonds. The van der Waals surface area contributed by atoms with E-state index in [2.05, 4.69) is 172 Å². The molecule has 0 aliphatic rings. The molecule has 0 heterocycles. The Morgan fingerprint density at radius 3 is 1.05 bits per heavy atom. The minimum atomic E-state index is -1.78. The molecule has 0 radical (unpaired) electrons. The minimum Gasteiger partial charge on any atom is -0.259 e. The Labute approximate surface area is 272 Å². The van der Waals surface area contributed by atoms with Gasteiger partial charge in [-0.25, -0.2) is 0 Å². The van der Waals surface area contributed by atoms with E-state index in [0.717, 1.165) is 18.6 Å². The van der Waals surface area contributed by atoms with Gasteiger partial charge in [0.15, 0.2) is 0 Å². The van der Waals surface area contributed by atoms with Crippen molar-refractivity contribution >= 4 is 73.7 Å². The number of hydrogen-bond donors (Lipinski definition) is 0. The second-order valence-electron chi connectivity index (χ2n) is 8.12. The van der Waals surface area contributed by atoms with Crippen molar-refractivity contribution in [3.8, 4) is 0 Å². The van der Waals surface area contributed by atoms with Crippen LogP contribution in [0.1, 0.15) is 5.56 Å². The van der Waals surface area contributed by atoms with Crippen molar-refractivity contribution in [1.29, 1.82) is 0 Å². The van der Waals surface area contributed by atoms with Gasteiger partial charge in [0.05, 0.1) is 16.0 Å². The molecule has 0 aromatic heterocycles. The SMILES string of the molecule is O=[N+]([O-])C=C([SH2+])[SH2+].O=[N+]([O-])C=C([SH2+])[SH2+].[Ni+2].c1ccc(C[P+](c2ccccc2)(c2ccccc2)c2ccccc2)cc1. The standard InChI is InChI=1S/C25H22P.2C2H3NO2S2.Ni/c1-5-13-22(14-6-1)21-26(23-15-7-2-8-16-23,24-17-9-3-10-18-24)25-19-11-4-12-20-25;2*4-3(5)1-2(6)7;/h1-20H,21H2;2*1,6-7H;/q+1;;;+2/p+4. The summed E-state index contributed by atoms with van der Waals surface area (Å²) in [6.07, 6.45) is 2.63. The fourth-order valence-electron chi connectivity index (χ4n) is 3.84. The molecule has 6 nitrogen and oxygen atoms in total. The predicted octanol–water partition coefficient (Wildman–Crippen LogP) is 3.35. The number of rotatable bonds is 7. The van der Waals surface area contributed by atoms with Gasteiger partial charge in [-0.05, 0) is 42.0 Å². The maximum Gasteiger partial charge on any atom is 2.00 e. The summed E-state index contributed by atoms with van der Waals surface area (Å²) in [5.41, 5.74) is 1.39. The van der Waals surface area contributed by atoms with Crippen LogP contribution in [0.4, 0.5) is 0 Å². The summed E-state index contributed by atoms with van der Waals surface area (Å²) in [6.45, 7) is 0. The Balaban J connectivity index is 0.000000469. The third kappa shape index (κ3) is 12.9. The number of nitro groups is 2. The van der Waals surface area contributed by atoms with Gasteiger partial charge >= 0.3 is 37.4 Å². The van der Waals surface area contributed by atoms with Crippen molar-refractivity contribution in [3.05, 3.63) is 168 Å². The molecule has 0 spiro atoms. The molecule has 0 fully saturated rings. The van der Waals surface area contributed by atoms with E-state index in [1.807, 2.05) is 0 Å². The first-order chi connectivity index (χ1) is 19.1. The summed E-state index contributed by atoms with van der Waals surface area (Å²) in [5.74, 6) is 0. The van der Waals surface area contributed by atoms with Crippen LogP contribution in [-0.4, -0.2) is 9.85 Å². The fourth-order valence-corrected chi connectivity index (χ4v) is 8.50. The monoisotopic (exact) mass is 689 g/mol. The molecule has 12 heteroatoms. The fraction of sp³-hybridized carbons (Fsp3) is 0.0345. The number of nitrogens with zero attached hydrogens (tertiary/aromatic N) is 2. The Hall–Kier alpha value is -2.52. The summed E-state index contributed by atoms with van der Waals surface area (Å²) in [7, 11) is -1.78. The molecule has 214 valence electrons. The molecule has 0 bridgehead atoms. The van der Waals surface area contributed by atoms with E-state index in [0.29, 0.717) is 8.47 Å². The minimum absolute atomic E-state index is 0. The first kappa shape index (κ1) is 36.5. The van der Waals surface area contributed by atoms with Crippen LogP contribution in [0.3, 0.4) is 0 Å². The Morgan fingerprint density at radius 2 is 0.829 bits per heavy atom. The smallest absolute Gasteiger partial charge is 0.259 e. The molecular formula is C29H32N2NiO4PS4+7. The molecule has 0 aliphatic heterocycles.